The molecule has 0 amide bonds. The van der Waals surface area contributed by atoms with Crippen LogP contribution in [0.15, 0.2) is 12.3 Å². The summed E-state index contributed by atoms with van der Waals surface area (Å²) >= 11 is 0. The first-order valence-corrected chi connectivity index (χ1v) is 3.25. The molecule has 0 radical (unpaired) electrons. The molecule has 0 aromatic rings. The van der Waals surface area contributed by atoms with Gasteiger partial charge in [0.25, 0.3) is 0 Å². The molecular weight excluding hydrogens is 148 g/mol. The first-order valence-electron chi connectivity index (χ1n) is 3.25. The fraction of sp³-hybridized carbons (Fsp3) is 0.571. The van der Waals surface area contributed by atoms with Gasteiger partial charge in [0.1, 0.15) is 12.7 Å². The van der Waals surface area contributed by atoms with Crippen LogP contribution in [-0.2, 0) is 19.0 Å². The molecule has 1 aliphatic rings. The Morgan fingerprint density at radius 2 is 2.45 bits per heavy atom. The van der Waals surface area contributed by atoms with Crippen molar-refractivity contribution in [3.05, 3.63) is 12.3 Å². The number of epoxide rings is 1. The summed E-state index contributed by atoms with van der Waals surface area (Å²) in [5.74, 6) is -0.506. The van der Waals surface area contributed by atoms with Crippen molar-refractivity contribution in [2.45, 2.75) is 6.10 Å². The van der Waals surface area contributed by atoms with Crippen LogP contribution in [0.25, 0.3) is 0 Å². The molecule has 62 valence electrons. The van der Waals surface area contributed by atoms with E-state index in [2.05, 4.69) is 11.3 Å². The van der Waals surface area contributed by atoms with Crippen LogP contribution in [0.2, 0.25) is 0 Å². The van der Waals surface area contributed by atoms with Crippen LogP contribution in [-0.4, -0.2) is 32.4 Å². The van der Waals surface area contributed by atoms with E-state index in [1.165, 1.54) is 7.11 Å². The molecule has 1 fully saturated rings. The Hall–Kier alpha value is -1.03. The second-order valence-electron chi connectivity index (χ2n) is 2.18. The lowest BCUT2D eigenvalue weighted by atomic mass is 10.5. The van der Waals surface area contributed by atoms with Gasteiger partial charge in [0.2, 0.25) is 0 Å². The Labute approximate surface area is 64.7 Å². The number of esters is 1. The molecular formula is C7H10O4. The first-order chi connectivity index (χ1) is 5.24. The van der Waals surface area contributed by atoms with Crippen LogP contribution >= 0.6 is 0 Å². The van der Waals surface area contributed by atoms with Crippen molar-refractivity contribution >= 4 is 5.97 Å². The summed E-state index contributed by atoms with van der Waals surface area (Å²) in [6, 6.07) is 0. The Balaban J connectivity index is 2.13. The van der Waals surface area contributed by atoms with Gasteiger partial charge >= 0.3 is 5.97 Å². The highest BCUT2D eigenvalue weighted by Crippen LogP contribution is 2.10. The van der Waals surface area contributed by atoms with E-state index in [4.69, 9.17) is 9.47 Å². The molecule has 0 aromatic carbocycles. The Morgan fingerprint density at radius 1 is 1.82 bits per heavy atom. The highest BCUT2D eigenvalue weighted by molar-refractivity contribution is 5.85. The molecule has 0 N–H and O–H groups in total. The van der Waals surface area contributed by atoms with Crippen LogP contribution in [0, 0.1) is 0 Å². The Kier molecular flexibility index (Phi) is 2.48. The molecule has 0 spiro atoms. The summed E-state index contributed by atoms with van der Waals surface area (Å²) in [5, 5.41) is 0. The van der Waals surface area contributed by atoms with Crippen molar-refractivity contribution in [2.24, 2.45) is 0 Å². The number of carbonyl (C=O) groups excluding carboxylic acids is 1. The maximum absolute atomic E-state index is 10.7. The average Bonchev–Trinajstić information content (AvgIpc) is 2.81. The van der Waals surface area contributed by atoms with Crippen molar-refractivity contribution in [3.8, 4) is 0 Å². The number of hydrogen-bond acceptors (Lipinski definition) is 4. The van der Waals surface area contributed by atoms with Crippen LogP contribution in [0.4, 0.5) is 0 Å². The minimum atomic E-state index is -0.536. The summed E-state index contributed by atoms with van der Waals surface area (Å²) < 4.78 is 14.1. The zero-order chi connectivity index (χ0) is 8.27. The lowest BCUT2D eigenvalue weighted by Crippen LogP contribution is -2.10. The highest BCUT2D eigenvalue weighted by Gasteiger charge is 2.24. The molecule has 0 bridgehead atoms. The average molecular weight is 158 g/mol. The number of carbonyl (C=O) groups is 1. The molecule has 1 saturated heterocycles. The van der Waals surface area contributed by atoms with E-state index in [9.17, 15) is 4.79 Å². The number of rotatable bonds is 4. The monoisotopic (exact) mass is 158 g/mol. The largest absolute Gasteiger partial charge is 0.484 e. The van der Waals surface area contributed by atoms with Gasteiger partial charge in [0.05, 0.1) is 13.7 Å². The number of hydrogen-bond donors (Lipinski definition) is 0. The second-order valence-corrected chi connectivity index (χ2v) is 2.18. The predicted octanol–water partition coefficient (Wildman–Crippen LogP) is 0.0885. The van der Waals surface area contributed by atoms with Crippen LogP contribution in [0.3, 0.4) is 0 Å². The standard InChI is InChI=1S/C7H10O4/c1-5(7(8)9-2)10-3-6-4-11-6/h6H,1,3-4H2,2H3. The fourth-order valence-electron chi connectivity index (χ4n) is 0.531. The van der Waals surface area contributed by atoms with E-state index >= 15 is 0 Å². The molecule has 1 aliphatic heterocycles. The van der Waals surface area contributed by atoms with Gasteiger partial charge in [-0.25, -0.2) is 4.79 Å². The molecule has 4 nitrogen and oxygen atoms in total. The van der Waals surface area contributed by atoms with Gasteiger partial charge < -0.3 is 14.2 Å². The van der Waals surface area contributed by atoms with Gasteiger partial charge in [-0.05, 0) is 6.58 Å². The molecule has 0 saturated carbocycles. The van der Waals surface area contributed by atoms with Gasteiger partial charge in [-0.1, -0.05) is 0 Å². The third-order valence-corrected chi connectivity index (χ3v) is 1.26. The molecule has 0 aliphatic carbocycles. The zero-order valence-electron chi connectivity index (χ0n) is 6.33. The van der Waals surface area contributed by atoms with Crippen molar-refractivity contribution in [2.75, 3.05) is 20.3 Å². The quantitative estimate of drug-likeness (QED) is 0.252. The van der Waals surface area contributed by atoms with Crippen molar-refractivity contribution in [1.29, 1.82) is 0 Å². The summed E-state index contributed by atoms with van der Waals surface area (Å²) in [5.41, 5.74) is 0. The highest BCUT2D eigenvalue weighted by atomic mass is 16.6. The maximum atomic E-state index is 10.7. The third kappa shape index (κ3) is 2.59. The number of ether oxygens (including phenoxy) is 3. The van der Waals surface area contributed by atoms with Crippen LogP contribution < -0.4 is 0 Å². The first kappa shape index (κ1) is 8.07. The van der Waals surface area contributed by atoms with Crippen molar-refractivity contribution in [3.63, 3.8) is 0 Å². The molecule has 1 unspecified atom stereocenters. The Morgan fingerprint density at radius 3 is 2.91 bits per heavy atom. The third-order valence-electron chi connectivity index (χ3n) is 1.26. The molecule has 0 aromatic heterocycles. The van der Waals surface area contributed by atoms with E-state index in [1.807, 2.05) is 0 Å². The molecule has 4 heteroatoms. The lowest BCUT2D eigenvalue weighted by Gasteiger charge is -2.03. The van der Waals surface area contributed by atoms with Crippen molar-refractivity contribution < 1.29 is 19.0 Å². The summed E-state index contributed by atoms with van der Waals surface area (Å²) in [7, 11) is 1.28. The normalized spacial score (nSPS) is 20.6. The topological polar surface area (TPSA) is 48.1 Å². The molecule has 11 heavy (non-hydrogen) atoms. The SMILES string of the molecule is C=C(OCC1CO1)C(=O)OC. The molecule has 1 rings (SSSR count). The van der Waals surface area contributed by atoms with Gasteiger partial charge in [-0.3, -0.25) is 0 Å². The maximum Gasteiger partial charge on any atom is 0.372 e. The molecule has 1 atom stereocenters. The minimum absolute atomic E-state index is 0.0306. The van der Waals surface area contributed by atoms with Crippen LogP contribution in [0.5, 0.6) is 0 Å². The van der Waals surface area contributed by atoms with E-state index in [1.54, 1.807) is 0 Å². The Bertz CT molecular complexity index is 171. The van der Waals surface area contributed by atoms with E-state index < -0.39 is 5.97 Å². The smallest absolute Gasteiger partial charge is 0.372 e. The van der Waals surface area contributed by atoms with E-state index in [-0.39, 0.29) is 11.9 Å². The van der Waals surface area contributed by atoms with Crippen molar-refractivity contribution in [1.82, 2.24) is 0 Å². The van der Waals surface area contributed by atoms with E-state index in [0.29, 0.717) is 13.2 Å². The predicted molar refractivity (Wildman–Crippen MR) is 36.8 cm³/mol. The van der Waals surface area contributed by atoms with Gasteiger partial charge in [-0.15, -0.1) is 0 Å². The van der Waals surface area contributed by atoms with Crippen LogP contribution in [0.1, 0.15) is 0 Å². The summed E-state index contributed by atoms with van der Waals surface area (Å²) in [6.07, 6.45) is 0.136. The summed E-state index contributed by atoms with van der Waals surface area (Å²) in [4.78, 5) is 10.7. The fourth-order valence-corrected chi connectivity index (χ4v) is 0.531. The zero-order valence-corrected chi connectivity index (χ0v) is 6.33. The lowest BCUT2D eigenvalue weighted by molar-refractivity contribution is -0.140. The van der Waals surface area contributed by atoms with E-state index in [0.717, 1.165) is 0 Å². The summed E-state index contributed by atoms with van der Waals surface area (Å²) in [6.45, 7) is 4.46. The van der Waals surface area contributed by atoms with Gasteiger partial charge in [0.15, 0.2) is 5.76 Å². The van der Waals surface area contributed by atoms with Gasteiger partial charge in [-0.2, -0.15) is 0 Å². The second kappa shape index (κ2) is 3.39. The number of methoxy groups -OCH3 is 1. The molecule has 1 heterocycles. The minimum Gasteiger partial charge on any atom is -0.484 e. The van der Waals surface area contributed by atoms with Gasteiger partial charge in [0, 0.05) is 0 Å².